The van der Waals surface area contributed by atoms with Gasteiger partial charge in [-0.05, 0) is 102 Å². The van der Waals surface area contributed by atoms with E-state index >= 15 is 9.59 Å². The van der Waals surface area contributed by atoms with Gasteiger partial charge in [-0.1, -0.05) is 87.8 Å². The first kappa shape index (κ1) is 76.2. The van der Waals surface area contributed by atoms with Gasteiger partial charge in [0, 0.05) is 69.3 Å². The average Bonchev–Trinajstić information content (AvgIpc) is 1.53. The molecule has 0 unspecified atom stereocenters. The van der Waals surface area contributed by atoms with Gasteiger partial charge in [-0.3, -0.25) is 57.6 Å². The number of esters is 1. The molecule has 1 saturated heterocycles. The molecule has 492 valence electrons. The van der Waals surface area contributed by atoms with Crippen LogP contribution >= 0.6 is 0 Å². The minimum absolute atomic E-state index is 0.0466. The molecule has 0 bridgehead atoms. The first-order valence-electron chi connectivity index (χ1n) is 30.4. The van der Waals surface area contributed by atoms with Gasteiger partial charge >= 0.3 is 5.97 Å². The van der Waals surface area contributed by atoms with E-state index in [1.165, 1.54) is 121 Å². The maximum Gasteiger partial charge on any atom is 0.324 e. The van der Waals surface area contributed by atoms with Gasteiger partial charge in [0.25, 0.3) is 5.91 Å². The summed E-state index contributed by atoms with van der Waals surface area (Å²) in [5.41, 5.74) is 0.629. The summed E-state index contributed by atoms with van der Waals surface area (Å²) in [6.45, 7) is 23.6. The van der Waals surface area contributed by atoms with E-state index < -0.39 is 150 Å². The van der Waals surface area contributed by atoms with Crippen LogP contribution in [-0.4, -0.2) is 260 Å². The van der Waals surface area contributed by atoms with Crippen molar-refractivity contribution in [1.29, 1.82) is 0 Å². The SMILES string of the molecule is CC[C@H](C)[C@H]1C(=O)N[C@@H](C)C(=O)N(C)[C@@H](CC(C)C)C(=O)N[C@@H](Cc2ccc(OC)cc2)C(=O)N(C)[C@H](C)C(=O)N(C)C[C@H](N(C)C(=O)[C@H](CC(C)C)N(C)C(=O)[C@H](C)N(C)C(=O)[C@H](OC(=O)[C@H](C(C)C)N(C)C)C(C)C)C(=O)N(C)[C@@H](C)C(=O)N1C. The van der Waals surface area contributed by atoms with Crippen molar-refractivity contribution in [1.82, 2.24) is 54.7 Å². The van der Waals surface area contributed by atoms with E-state index in [0.29, 0.717) is 17.7 Å². The molecule has 87 heavy (non-hydrogen) atoms. The fourth-order valence-electron chi connectivity index (χ4n) is 10.9. The summed E-state index contributed by atoms with van der Waals surface area (Å²) in [5, 5.41) is 5.67. The monoisotopic (exact) mass is 1230 g/mol. The van der Waals surface area contributed by atoms with Crippen molar-refractivity contribution >= 4 is 65.0 Å². The van der Waals surface area contributed by atoms with Gasteiger partial charge in [0.1, 0.15) is 66.2 Å². The number of rotatable bonds is 20. The highest BCUT2D eigenvalue weighted by Gasteiger charge is 2.45. The molecular formula is C63H107N11O13. The molecule has 2 rings (SSSR count). The largest absolute Gasteiger partial charge is 0.497 e. The summed E-state index contributed by atoms with van der Waals surface area (Å²) in [5.74, 6) is -8.28. The van der Waals surface area contributed by atoms with E-state index in [-0.39, 0.29) is 37.0 Å². The van der Waals surface area contributed by atoms with E-state index in [1.54, 1.807) is 64.0 Å². The van der Waals surface area contributed by atoms with Crippen LogP contribution in [0.3, 0.4) is 0 Å². The van der Waals surface area contributed by atoms with Crippen molar-refractivity contribution in [3.05, 3.63) is 29.8 Å². The second-order valence-corrected chi connectivity index (χ2v) is 25.6. The molecule has 1 aliphatic rings. The number of benzene rings is 1. The summed E-state index contributed by atoms with van der Waals surface area (Å²) >= 11 is 0. The Bertz CT molecular complexity index is 2550. The van der Waals surface area contributed by atoms with Crippen molar-refractivity contribution in [3.63, 3.8) is 0 Å². The number of carbonyl (C=O) groups is 11. The van der Waals surface area contributed by atoms with E-state index in [9.17, 15) is 43.2 Å². The van der Waals surface area contributed by atoms with E-state index in [1.807, 2.05) is 48.5 Å². The Morgan fingerprint density at radius 1 is 0.621 bits per heavy atom. The summed E-state index contributed by atoms with van der Waals surface area (Å²) < 4.78 is 11.2. The Hall–Kier alpha value is -6.85. The zero-order chi connectivity index (χ0) is 67.1. The zero-order valence-corrected chi connectivity index (χ0v) is 56.9. The van der Waals surface area contributed by atoms with Gasteiger partial charge in [-0.25, -0.2) is 0 Å². The zero-order valence-electron chi connectivity index (χ0n) is 56.9. The maximum atomic E-state index is 15.3. The van der Waals surface area contributed by atoms with Crippen LogP contribution in [-0.2, 0) is 63.9 Å². The van der Waals surface area contributed by atoms with Crippen LogP contribution in [0.1, 0.15) is 122 Å². The van der Waals surface area contributed by atoms with Crippen LogP contribution in [0.4, 0.5) is 0 Å². The van der Waals surface area contributed by atoms with Crippen LogP contribution < -0.4 is 15.4 Å². The number of nitrogens with zero attached hydrogens (tertiary/aromatic N) is 9. The van der Waals surface area contributed by atoms with Crippen LogP contribution in [0, 0.1) is 29.6 Å². The molecule has 1 aromatic rings. The molecule has 10 amide bonds. The van der Waals surface area contributed by atoms with Gasteiger partial charge in [0.15, 0.2) is 6.10 Å². The van der Waals surface area contributed by atoms with Gasteiger partial charge < -0.3 is 59.3 Å². The first-order valence-corrected chi connectivity index (χ1v) is 30.4. The number of likely N-dealkylation sites (N-methyl/N-ethyl adjacent to an activating group) is 9. The Morgan fingerprint density at radius 3 is 1.64 bits per heavy atom. The number of carbonyl (C=O) groups excluding carboxylic acids is 11. The Kier molecular flexibility index (Phi) is 29.3. The predicted octanol–water partition coefficient (Wildman–Crippen LogP) is 2.84. The molecule has 2 N–H and O–H groups in total. The number of hydrogen-bond donors (Lipinski definition) is 2. The van der Waals surface area contributed by atoms with Gasteiger partial charge in [-0.2, -0.15) is 0 Å². The third-order valence-electron chi connectivity index (χ3n) is 17.1. The second kappa shape index (κ2) is 33.5. The Labute approximate surface area is 518 Å². The summed E-state index contributed by atoms with van der Waals surface area (Å²) in [7, 11) is 16.2. The van der Waals surface area contributed by atoms with Crippen molar-refractivity contribution in [2.24, 2.45) is 29.6 Å². The topological polar surface area (TPSA) is 259 Å². The summed E-state index contributed by atoms with van der Waals surface area (Å²) in [6.07, 6.45) is -0.638. The number of nitrogens with one attached hydrogen (secondary N) is 2. The van der Waals surface area contributed by atoms with Gasteiger partial charge in [0.05, 0.1) is 7.11 Å². The molecule has 1 heterocycles. The number of amides is 10. The first-order chi connectivity index (χ1) is 40.2. The number of methoxy groups -OCH3 is 1. The highest BCUT2D eigenvalue weighted by Crippen LogP contribution is 2.24. The molecule has 0 radical (unpaired) electrons. The normalized spacial score (nSPS) is 23.0. The van der Waals surface area contributed by atoms with Gasteiger partial charge in [0.2, 0.25) is 53.2 Å². The summed E-state index contributed by atoms with van der Waals surface area (Å²) in [4.78, 5) is 172. The highest BCUT2D eigenvalue weighted by atomic mass is 16.6. The predicted molar refractivity (Wildman–Crippen MR) is 332 cm³/mol. The lowest BCUT2D eigenvalue weighted by Crippen LogP contribution is -2.63. The lowest BCUT2D eigenvalue weighted by molar-refractivity contribution is -0.169. The fourth-order valence-corrected chi connectivity index (χ4v) is 10.9. The van der Waals surface area contributed by atoms with Gasteiger partial charge in [-0.15, -0.1) is 0 Å². The molecule has 1 aliphatic heterocycles. The molecule has 12 atom stereocenters. The molecule has 1 fully saturated rings. The number of ether oxygens (including phenoxy) is 2. The standard InChI is InChI=1S/C63H107N11O13/c1-26-39(10)51-54(76)64-40(11)55(77)71(21)47(31-35(2)3)53(75)65-46(33-44-27-29-45(86-25)30-28-44)59(81)68(18)41(12)56(78)67(17)34-49(61(83)69(19)43(14)58(80)74(51)24)73(23)60(82)48(32-36(4)5)72(22)57(79)42(13)70(20)62(84)52(38(8)9)87-63(85)50(37(6)7)66(15)16/h27-30,35-43,46-52H,26,31-34H2,1-25H3,(H,64,76)(H,65,75)/t39-,40-,41+,42-,43-,46-,47-,48-,49-,50-,51-,52+/m0/s1. The summed E-state index contributed by atoms with van der Waals surface area (Å²) in [6, 6.07) is -5.14. The van der Waals surface area contributed by atoms with Crippen LogP contribution in [0.25, 0.3) is 0 Å². The third-order valence-corrected chi connectivity index (χ3v) is 17.1. The minimum Gasteiger partial charge on any atom is -0.497 e. The Balaban J connectivity index is 2.91. The van der Waals surface area contributed by atoms with Crippen LogP contribution in [0.15, 0.2) is 24.3 Å². The lowest BCUT2D eigenvalue weighted by atomic mass is 9.95. The molecule has 1 aromatic carbocycles. The van der Waals surface area contributed by atoms with Crippen LogP contribution in [0.5, 0.6) is 5.75 Å². The maximum absolute atomic E-state index is 15.3. The van der Waals surface area contributed by atoms with Crippen molar-refractivity contribution in [3.8, 4) is 5.75 Å². The smallest absolute Gasteiger partial charge is 0.324 e. The van der Waals surface area contributed by atoms with E-state index in [4.69, 9.17) is 9.47 Å². The molecule has 0 aromatic heterocycles. The minimum atomic E-state index is -1.56. The molecule has 24 nitrogen and oxygen atoms in total. The average molecular weight is 1230 g/mol. The highest BCUT2D eigenvalue weighted by molar-refractivity contribution is 5.99. The van der Waals surface area contributed by atoms with Crippen molar-refractivity contribution in [2.75, 3.05) is 84.1 Å². The number of hydrogen-bond acceptors (Lipinski definition) is 14. The molecular weight excluding hydrogens is 1120 g/mol. The molecule has 0 saturated carbocycles. The molecule has 0 spiro atoms. The fraction of sp³-hybridized carbons (Fsp3) is 0.730. The Morgan fingerprint density at radius 2 is 1.16 bits per heavy atom. The van der Waals surface area contributed by atoms with E-state index in [2.05, 4.69) is 10.6 Å². The van der Waals surface area contributed by atoms with Crippen molar-refractivity contribution in [2.45, 2.75) is 189 Å². The lowest BCUT2D eigenvalue weighted by Gasteiger charge is -2.41. The van der Waals surface area contributed by atoms with Crippen molar-refractivity contribution < 1.29 is 62.2 Å². The molecule has 24 heteroatoms. The quantitative estimate of drug-likeness (QED) is 0.178. The van der Waals surface area contributed by atoms with E-state index in [0.717, 1.165) is 9.80 Å². The third kappa shape index (κ3) is 19.6. The molecule has 0 aliphatic carbocycles. The van der Waals surface area contributed by atoms with Crippen LogP contribution in [0.2, 0.25) is 0 Å². The second-order valence-electron chi connectivity index (χ2n) is 25.6.